The van der Waals surface area contributed by atoms with Crippen LogP contribution >= 0.6 is 0 Å². The van der Waals surface area contributed by atoms with Crippen molar-refractivity contribution in [2.24, 2.45) is 0 Å². The van der Waals surface area contributed by atoms with E-state index in [4.69, 9.17) is 0 Å². The second-order valence-corrected chi connectivity index (χ2v) is 7.98. The molecule has 2 N–H and O–H groups in total. The van der Waals surface area contributed by atoms with Crippen molar-refractivity contribution in [3.05, 3.63) is 29.8 Å². The molecule has 0 aliphatic carbocycles. The van der Waals surface area contributed by atoms with Gasteiger partial charge in [0.2, 0.25) is 15.9 Å². The molecule has 26 heavy (non-hydrogen) atoms. The van der Waals surface area contributed by atoms with Gasteiger partial charge in [0.1, 0.15) is 0 Å². The van der Waals surface area contributed by atoms with E-state index in [0.717, 1.165) is 6.54 Å². The third-order valence-electron chi connectivity index (χ3n) is 4.28. The fourth-order valence-corrected chi connectivity index (χ4v) is 4.14. The van der Waals surface area contributed by atoms with Crippen molar-refractivity contribution < 1.29 is 18.0 Å². The van der Waals surface area contributed by atoms with Crippen molar-refractivity contribution in [3.63, 3.8) is 0 Å². The van der Waals surface area contributed by atoms with Gasteiger partial charge in [-0.2, -0.15) is 4.31 Å². The summed E-state index contributed by atoms with van der Waals surface area (Å²) >= 11 is 0. The van der Waals surface area contributed by atoms with Crippen LogP contribution in [0.25, 0.3) is 0 Å². The number of sulfonamides is 1. The van der Waals surface area contributed by atoms with Gasteiger partial charge in [-0.25, -0.2) is 8.42 Å². The van der Waals surface area contributed by atoms with Crippen molar-refractivity contribution in [2.45, 2.75) is 18.7 Å². The van der Waals surface area contributed by atoms with Crippen molar-refractivity contribution >= 4 is 21.8 Å². The second-order valence-electron chi connectivity index (χ2n) is 6.04. The Hall–Kier alpha value is -1.97. The third-order valence-corrected chi connectivity index (χ3v) is 6.19. The largest absolute Gasteiger partial charge is 0.351 e. The maximum Gasteiger partial charge on any atom is 0.251 e. The highest BCUT2D eigenvalue weighted by atomic mass is 32.2. The molecule has 0 saturated carbocycles. The average molecular weight is 382 g/mol. The van der Waals surface area contributed by atoms with Crippen LogP contribution in [0, 0.1) is 0 Å². The van der Waals surface area contributed by atoms with Crippen molar-refractivity contribution in [3.8, 4) is 0 Å². The van der Waals surface area contributed by atoms with Crippen LogP contribution in [0.15, 0.2) is 29.2 Å². The first-order valence-corrected chi connectivity index (χ1v) is 10.1. The van der Waals surface area contributed by atoms with E-state index in [-0.39, 0.29) is 29.8 Å². The Morgan fingerprint density at radius 1 is 1.04 bits per heavy atom. The quantitative estimate of drug-likeness (QED) is 0.641. The summed E-state index contributed by atoms with van der Waals surface area (Å²) in [4.78, 5) is 25.2. The van der Waals surface area contributed by atoms with Crippen LogP contribution in [-0.4, -0.2) is 75.3 Å². The zero-order valence-electron chi connectivity index (χ0n) is 15.2. The lowest BCUT2D eigenvalue weighted by Crippen LogP contribution is -2.49. The summed E-state index contributed by atoms with van der Waals surface area (Å²) in [6.45, 7) is 6.81. The molecule has 0 atom stereocenters. The van der Waals surface area contributed by atoms with Crippen molar-refractivity contribution in [1.29, 1.82) is 0 Å². The van der Waals surface area contributed by atoms with Gasteiger partial charge in [-0.1, -0.05) is 6.92 Å². The molecule has 0 spiro atoms. The maximum atomic E-state index is 12.7. The number of carbonyl (C=O) groups excluding carboxylic acids is 2. The van der Waals surface area contributed by atoms with E-state index < -0.39 is 10.0 Å². The molecule has 2 rings (SSSR count). The first-order chi connectivity index (χ1) is 12.4. The zero-order chi connectivity index (χ0) is 19.2. The molecular formula is C17H26N4O4S. The zero-order valence-corrected chi connectivity index (χ0v) is 16.0. The molecule has 1 aromatic carbocycles. The van der Waals surface area contributed by atoms with Gasteiger partial charge in [-0.15, -0.1) is 0 Å². The number of hydrogen-bond donors (Lipinski definition) is 2. The number of rotatable bonds is 7. The molecule has 0 unspecified atom stereocenters. The summed E-state index contributed by atoms with van der Waals surface area (Å²) in [5.74, 6) is -0.284. The fourth-order valence-electron chi connectivity index (χ4n) is 2.71. The highest BCUT2D eigenvalue weighted by Gasteiger charge is 2.29. The van der Waals surface area contributed by atoms with Gasteiger partial charge in [-0.3, -0.25) is 9.59 Å². The van der Waals surface area contributed by atoms with Gasteiger partial charge in [0.15, 0.2) is 0 Å². The maximum absolute atomic E-state index is 12.7. The minimum absolute atomic E-state index is 0.0495. The van der Waals surface area contributed by atoms with E-state index >= 15 is 0 Å². The Morgan fingerprint density at radius 3 is 2.19 bits per heavy atom. The number of carbonyl (C=O) groups is 2. The number of piperazine rings is 1. The molecule has 0 aromatic heterocycles. The Balaban J connectivity index is 1.98. The van der Waals surface area contributed by atoms with Gasteiger partial charge in [0.25, 0.3) is 5.91 Å². The number of nitrogens with one attached hydrogen (secondary N) is 2. The van der Waals surface area contributed by atoms with E-state index in [1.807, 2.05) is 6.92 Å². The first-order valence-electron chi connectivity index (χ1n) is 8.71. The van der Waals surface area contributed by atoms with Crippen molar-refractivity contribution in [1.82, 2.24) is 19.8 Å². The van der Waals surface area contributed by atoms with E-state index in [1.165, 1.54) is 35.5 Å². The molecule has 0 radical (unpaired) electrons. The topological polar surface area (TPSA) is 98.8 Å². The summed E-state index contributed by atoms with van der Waals surface area (Å²) in [5.41, 5.74) is 0.418. The van der Waals surface area contributed by atoms with Crippen molar-refractivity contribution in [2.75, 3.05) is 45.8 Å². The molecule has 1 fully saturated rings. The molecule has 1 aliphatic heterocycles. The second kappa shape index (κ2) is 9.11. The van der Waals surface area contributed by atoms with Crippen LogP contribution in [0.2, 0.25) is 0 Å². The first kappa shape index (κ1) is 20.3. The molecule has 8 nitrogen and oxygen atoms in total. The van der Waals surface area contributed by atoms with E-state index in [9.17, 15) is 18.0 Å². The smallest absolute Gasteiger partial charge is 0.251 e. The van der Waals surface area contributed by atoms with Gasteiger partial charge in [0, 0.05) is 51.8 Å². The summed E-state index contributed by atoms with van der Waals surface area (Å²) in [6.07, 6.45) is 0. The number of nitrogens with zero attached hydrogens (tertiary/aromatic N) is 2. The van der Waals surface area contributed by atoms with Gasteiger partial charge < -0.3 is 15.5 Å². The highest BCUT2D eigenvalue weighted by Crippen LogP contribution is 2.18. The molecule has 1 heterocycles. The van der Waals surface area contributed by atoms with Crippen LogP contribution < -0.4 is 10.6 Å². The predicted molar refractivity (Wildman–Crippen MR) is 98.3 cm³/mol. The van der Waals surface area contributed by atoms with E-state index in [0.29, 0.717) is 31.7 Å². The molecule has 144 valence electrons. The molecule has 1 saturated heterocycles. The Kier molecular flexibility index (Phi) is 7.13. The van der Waals surface area contributed by atoms with Gasteiger partial charge >= 0.3 is 0 Å². The minimum Gasteiger partial charge on any atom is -0.351 e. The van der Waals surface area contributed by atoms with Crippen LogP contribution in [0.3, 0.4) is 0 Å². The van der Waals surface area contributed by atoms with Crippen LogP contribution in [0.5, 0.6) is 0 Å². The molecule has 9 heteroatoms. The normalized spacial score (nSPS) is 15.7. The minimum atomic E-state index is -3.62. The Bertz CT molecular complexity index is 726. The molecule has 1 aliphatic rings. The predicted octanol–water partition coefficient (Wildman–Crippen LogP) is -0.121. The summed E-state index contributed by atoms with van der Waals surface area (Å²) in [5, 5.41) is 5.88. The summed E-state index contributed by atoms with van der Waals surface area (Å²) < 4.78 is 26.8. The molecule has 2 amide bonds. The van der Waals surface area contributed by atoms with Crippen LogP contribution in [-0.2, 0) is 14.8 Å². The number of benzene rings is 1. The number of amides is 2. The third kappa shape index (κ3) is 5.03. The van der Waals surface area contributed by atoms with Gasteiger partial charge in [0.05, 0.1) is 4.90 Å². The average Bonchev–Trinajstić information content (AvgIpc) is 2.65. The SMILES string of the molecule is CCNCCNC(=O)c1ccc(S(=O)(=O)N2CCN(C(C)=O)CC2)cc1. The fraction of sp³-hybridized carbons (Fsp3) is 0.529. The lowest BCUT2D eigenvalue weighted by atomic mass is 10.2. The van der Waals surface area contributed by atoms with E-state index in [2.05, 4.69) is 10.6 Å². The van der Waals surface area contributed by atoms with E-state index in [1.54, 1.807) is 4.90 Å². The Labute approximate surface area is 154 Å². The standard InChI is InChI=1S/C17H26N4O4S/c1-3-18-8-9-19-17(23)15-4-6-16(7-5-15)26(24,25)21-12-10-20(11-13-21)14(2)22/h4-7,18H,3,8-13H2,1-2H3,(H,19,23). The Morgan fingerprint density at radius 2 is 1.65 bits per heavy atom. The molecular weight excluding hydrogens is 356 g/mol. The monoisotopic (exact) mass is 382 g/mol. The highest BCUT2D eigenvalue weighted by molar-refractivity contribution is 7.89. The number of likely N-dealkylation sites (N-methyl/N-ethyl adjacent to an activating group) is 1. The lowest BCUT2D eigenvalue weighted by Gasteiger charge is -2.33. The van der Waals surface area contributed by atoms with Gasteiger partial charge in [-0.05, 0) is 30.8 Å². The summed E-state index contributed by atoms with van der Waals surface area (Å²) in [7, 11) is -3.62. The molecule has 0 bridgehead atoms. The van der Waals surface area contributed by atoms with Crippen LogP contribution in [0.4, 0.5) is 0 Å². The van der Waals surface area contributed by atoms with Crippen LogP contribution in [0.1, 0.15) is 24.2 Å². The number of hydrogen-bond acceptors (Lipinski definition) is 5. The summed E-state index contributed by atoms with van der Waals surface area (Å²) in [6, 6.07) is 5.93. The lowest BCUT2D eigenvalue weighted by molar-refractivity contribution is -0.129. The molecule has 1 aromatic rings.